The highest BCUT2D eigenvalue weighted by atomic mass is 16.4. The van der Waals surface area contributed by atoms with Gasteiger partial charge in [0.25, 0.3) is 0 Å². The van der Waals surface area contributed by atoms with E-state index in [0.717, 1.165) is 10.5 Å². The van der Waals surface area contributed by atoms with Crippen LogP contribution in [0.5, 0.6) is 0 Å². The second kappa shape index (κ2) is 4.98. The summed E-state index contributed by atoms with van der Waals surface area (Å²) in [6.07, 6.45) is -0.688. The highest BCUT2D eigenvalue weighted by Crippen LogP contribution is 2.17. The molecule has 1 heterocycles. The third-order valence-electron chi connectivity index (χ3n) is 2.37. The van der Waals surface area contributed by atoms with Crippen molar-refractivity contribution in [3.63, 3.8) is 0 Å². The molecule has 16 heavy (non-hydrogen) atoms. The number of aliphatic hydroxyl groups is 1. The van der Waals surface area contributed by atoms with Crippen LogP contribution >= 0.6 is 0 Å². The fourth-order valence-corrected chi connectivity index (χ4v) is 1.60. The number of nitrogens with one attached hydrogen (secondary N) is 1. The Kier molecular flexibility index (Phi) is 3.89. The number of amides is 2. The zero-order chi connectivity index (χ0) is 12.3. The van der Waals surface area contributed by atoms with E-state index in [1.54, 1.807) is 6.92 Å². The predicted molar refractivity (Wildman–Crippen MR) is 57.0 cm³/mol. The van der Waals surface area contributed by atoms with E-state index in [2.05, 4.69) is 11.9 Å². The highest BCUT2D eigenvalue weighted by molar-refractivity contribution is 5.83. The van der Waals surface area contributed by atoms with Crippen LogP contribution in [0.2, 0.25) is 0 Å². The zero-order valence-corrected chi connectivity index (χ0v) is 9.14. The van der Waals surface area contributed by atoms with E-state index >= 15 is 0 Å². The standard InChI is InChI=1S/C10H16N2O4/c1-6(2)4-11-10(16)12-5-7(13)3-8(12)9(14)15/h7-8,13H,1,3-5H2,2H3,(H,11,16)(H,14,15). The van der Waals surface area contributed by atoms with Crippen LogP contribution in [0.1, 0.15) is 13.3 Å². The van der Waals surface area contributed by atoms with Crippen LogP contribution in [0, 0.1) is 0 Å². The van der Waals surface area contributed by atoms with Crippen LogP contribution in [0.3, 0.4) is 0 Å². The Balaban J connectivity index is 2.59. The summed E-state index contributed by atoms with van der Waals surface area (Å²) in [5.41, 5.74) is 0.778. The van der Waals surface area contributed by atoms with Gasteiger partial charge in [-0.15, -0.1) is 0 Å². The number of carboxylic acids is 1. The van der Waals surface area contributed by atoms with E-state index in [9.17, 15) is 14.7 Å². The molecular formula is C10H16N2O4. The van der Waals surface area contributed by atoms with Crippen molar-refractivity contribution >= 4 is 12.0 Å². The van der Waals surface area contributed by atoms with Crippen molar-refractivity contribution < 1.29 is 19.8 Å². The lowest BCUT2D eigenvalue weighted by atomic mass is 10.2. The number of carbonyl (C=O) groups excluding carboxylic acids is 1. The number of carbonyl (C=O) groups is 2. The van der Waals surface area contributed by atoms with Crippen molar-refractivity contribution in [2.45, 2.75) is 25.5 Å². The van der Waals surface area contributed by atoms with E-state index < -0.39 is 24.1 Å². The summed E-state index contributed by atoms with van der Waals surface area (Å²) in [7, 11) is 0. The van der Waals surface area contributed by atoms with Gasteiger partial charge < -0.3 is 20.4 Å². The number of rotatable bonds is 3. The first kappa shape index (κ1) is 12.5. The van der Waals surface area contributed by atoms with Crippen molar-refractivity contribution in [2.24, 2.45) is 0 Å². The molecule has 2 amide bonds. The first-order valence-corrected chi connectivity index (χ1v) is 5.01. The van der Waals surface area contributed by atoms with Crippen molar-refractivity contribution in [1.29, 1.82) is 0 Å². The fourth-order valence-electron chi connectivity index (χ4n) is 1.60. The summed E-state index contributed by atoms with van der Waals surface area (Å²) in [4.78, 5) is 23.6. The maximum absolute atomic E-state index is 11.6. The number of β-amino-alcohol motifs (C(OH)–C–C–N with tert-alkyl or cyclic N) is 1. The molecule has 1 fully saturated rings. The van der Waals surface area contributed by atoms with Crippen molar-refractivity contribution in [3.8, 4) is 0 Å². The van der Waals surface area contributed by atoms with E-state index in [0.29, 0.717) is 6.54 Å². The molecule has 0 aromatic rings. The molecule has 0 aromatic carbocycles. The normalized spacial score (nSPS) is 24.2. The maximum atomic E-state index is 11.6. The largest absolute Gasteiger partial charge is 0.480 e. The molecule has 6 nitrogen and oxygen atoms in total. The lowest BCUT2D eigenvalue weighted by Gasteiger charge is -2.21. The highest BCUT2D eigenvalue weighted by Gasteiger charge is 2.38. The summed E-state index contributed by atoms with van der Waals surface area (Å²) in [5.74, 6) is -1.10. The van der Waals surface area contributed by atoms with Gasteiger partial charge in [0.05, 0.1) is 6.10 Å². The second-order valence-corrected chi connectivity index (χ2v) is 4.01. The van der Waals surface area contributed by atoms with Gasteiger partial charge in [-0.3, -0.25) is 0 Å². The van der Waals surface area contributed by atoms with Gasteiger partial charge in [0.1, 0.15) is 6.04 Å². The first-order chi connectivity index (χ1) is 7.41. The van der Waals surface area contributed by atoms with Crippen molar-refractivity contribution in [3.05, 3.63) is 12.2 Å². The topological polar surface area (TPSA) is 89.9 Å². The summed E-state index contributed by atoms with van der Waals surface area (Å²) >= 11 is 0. The van der Waals surface area contributed by atoms with E-state index in [1.165, 1.54) is 0 Å². The average molecular weight is 228 g/mol. The van der Waals surface area contributed by atoms with Gasteiger partial charge >= 0.3 is 12.0 Å². The Bertz CT molecular complexity index is 316. The van der Waals surface area contributed by atoms with E-state index in [4.69, 9.17) is 5.11 Å². The SMILES string of the molecule is C=C(C)CNC(=O)N1CC(O)CC1C(=O)O. The molecule has 1 aliphatic rings. The first-order valence-electron chi connectivity index (χ1n) is 5.01. The monoisotopic (exact) mass is 228 g/mol. The molecule has 0 aliphatic carbocycles. The molecule has 2 unspecified atom stereocenters. The summed E-state index contributed by atoms with van der Waals surface area (Å²) in [6.45, 7) is 5.74. The lowest BCUT2D eigenvalue weighted by molar-refractivity contribution is -0.141. The minimum Gasteiger partial charge on any atom is -0.480 e. The molecule has 3 N–H and O–H groups in total. The fraction of sp³-hybridized carbons (Fsp3) is 0.600. The Morgan fingerprint density at radius 2 is 2.19 bits per heavy atom. The molecule has 0 saturated carbocycles. The van der Waals surface area contributed by atoms with Gasteiger partial charge in [0, 0.05) is 19.5 Å². The third kappa shape index (κ3) is 2.96. The minimum atomic E-state index is -1.10. The van der Waals surface area contributed by atoms with Gasteiger partial charge in [-0.05, 0) is 6.92 Å². The van der Waals surface area contributed by atoms with Crippen LogP contribution in [0.4, 0.5) is 4.79 Å². The quantitative estimate of drug-likeness (QED) is 0.583. The second-order valence-electron chi connectivity index (χ2n) is 4.01. The average Bonchev–Trinajstić information content (AvgIpc) is 2.56. The molecule has 0 aromatic heterocycles. The van der Waals surface area contributed by atoms with Gasteiger partial charge in [0.2, 0.25) is 0 Å². The van der Waals surface area contributed by atoms with Crippen LogP contribution in [0.25, 0.3) is 0 Å². The lowest BCUT2D eigenvalue weighted by Crippen LogP contribution is -2.46. The minimum absolute atomic E-state index is 0.0546. The Labute approximate surface area is 93.5 Å². The van der Waals surface area contributed by atoms with Crippen LogP contribution < -0.4 is 5.32 Å². The molecule has 1 rings (SSSR count). The summed E-state index contributed by atoms with van der Waals surface area (Å²) in [6, 6.07) is -1.42. The van der Waals surface area contributed by atoms with Crippen LogP contribution in [-0.4, -0.2) is 52.3 Å². The Hall–Kier alpha value is -1.56. The van der Waals surface area contributed by atoms with Gasteiger partial charge in [0.15, 0.2) is 0 Å². The van der Waals surface area contributed by atoms with Gasteiger partial charge in [-0.25, -0.2) is 9.59 Å². The summed E-state index contributed by atoms with van der Waals surface area (Å²) in [5, 5.41) is 20.8. The van der Waals surface area contributed by atoms with Crippen LogP contribution in [-0.2, 0) is 4.79 Å². The number of aliphatic hydroxyl groups excluding tert-OH is 1. The van der Waals surface area contributed by atoms with Crippen LogP contribution in [0.15, 0.2) is 12.2 Å². The smallest absolute Gasteiger partial charge is 0.326 e. The number of hydrogen-bond donors (Lipinski definition) is 3. The zero-order valence-electron chi connectivity index (χ0n) is 9.14. The number of urea groups is 1. The molecule has 0 spiro atoms. The summed E-state index contributed by atoms with van der Waals surface area (Å²) < 4.78 is 0. The molecule has 0 bridgehead atoms. The van der Waals surface area contributed by atoms with Crippen molar-refractivity contribution in [2.75, 3.05) is 13.1 Å². The van der Waals surface area contributed by atoms with Gasteiger partial charge in [-0.1, -0.05) is 12.2 Å². The number of aliphatic carboxylic acids is 1. The maximum Gasteiger partial charge on any atom is 0.326 e. The number of nitrogens with zero attached hydrogens (tertiary/aromatic N) is 1. The third-order valence-corrected chi connectivity index (χ3v) is 2.37. The Morgan fingerprint density at radius 3 is 2.69 bits per heavy atom. The number of carboxylic acid groups (broad SMARTS) is 1. The number of hydrogen-bond acceptors (Lipinski definition) is 3. The predicted octanol–water partition coefficient (Wildman–Crippen LogP) is -0.208. The van der Waals surface area contributed by atoms with E-state index in [-0.39, 0.29) is 13.0 Å². The molecule has 2 atom stereocenters. The molecule has 90 valence electrons. The Morgan fingerprint density at radius 1 is 1.56 bits per heavy atom. The number of likely N-dealkylation sites (tertiary alicyclic amines) is 1. The molecule has 6 heteroatoms. The molecule has 1 saturated heterocycles. The van der Waals surface area contributed by atoms with Crippen molar-refractivity contribution in [1.82, 2.24) is 10.2 Å². The molecule has 1 aliphatic heterocycles. The molecule has 0 radical (unpaired) electrons. The van der Waals surface area contributed by atoms with Gasteiger partial charge in [-0.2, -0.15) is 0 Å². The van der Waals surface area contributed by atoms with E-state index in [1.807, 2.05) is 0 Å². The molecular weight excluding hydrogens is 212 g/mol.